The molecule has 0 rings (SSSR count). The second kappa shape index (κ2) is 7.27. The van der Waals surface area contributed by atoms with Gasteiger partial charge in [0.1, 0.15) is 0 Å². The maximum atomic E-state index is 11.8. The fourth-order valence-electron chi connectivity index (χ4n) is 1.59. The third kappa shape index (κ3) is 7.74. The maximum absolute atomic E-state index is 11.8. The predicted octanol–water partition coefficient (Wildman–Crippen LogP) is 0.250. The molecular formula is C12H25N3O2. The van der Waals surface area contributed by atoms with Crippen molar-refractivity contribution < 1.29 is 9.59 Å². The number of likely N-dealkylation sites (N-methyl/N-ethyl adjacent to an activating group) is 1. The van der Waals surface area contributed by atoms with Crippen LogP contribution in [-0.4, -0.2) is 31.4 Å². The van der Waals surface area contributed by atoms with Gasteiger partial charge in [-0.3, -0.25) is 9.59 Å². The molecule has 5 nitrogen and oxygen atoms in total. The molecule has 0 saturated heterocycles. The van der Waals surface area contributed by atoms with Gasteiger partial charge in [-0.1, -0.05) is 20.8 Å². The average Bonchev–Trinajstić information content (AvgIpc) is 2.21. The molecule has 0 saturated carbocycles. The lowest BCUT2D eigenvalue weighted by Gasteiger charge is -2.24. The Morgan fingerprint density at radius 2 is 1.82 bits per heavy atom. The summed E-state index contributed by atoms with van der Waals surface area (Å²) in [6, 6.07) is 0. The highest BCUT2D eigenvalue weighted by Crippen LogP contribution is 2.23. The molecule has 0 aliphatic carbocycles. The zero-order chi connectivity index (χ0) is 13.5. The second-order valence-electron chi connectivity index (χ2n) is 5.37. The summed E-state index contributed by atoms with van der Waals surface area (Å²) < 4.78 is 0. The van der Waals surface area contributed by atoms with Gasteiger partial charge in [0.15, 0.2) is 0 Å². The molecule has 0 aromatic heterocycles. The van der Waals surface area contributed by atoms with Crippen LogP contribution in [-0.2, 0) is 9.59 Å². The quantitative estimate of drug-likeness (QED) is 0.625. The number of nitrogens with one attached hydrogen (secondary N) is 2. The number of carbonyl (C=O) groups excluding carboxylic acids is 2. The van der Waals surface area contributed by atoms with Crippen molar-refractivity contribution in [1.82, 2.24) is 10.6 Å². The Bertz CT molecular complexity index is 259. The van der Waals surface area contributed by atoms with Gasteiger partial charge < -0.3 is 16.4 Å². The van der Waals surface area contributed by atoms with Crippen LogP contribution in [0.2, 0.25) is 0 Å². The Morgan fingerprint density at radius 1 is 1.24 bits per heavy atom. The molecule has 0 aliphatic rings. The van der Waals surface area contributed by atoms with Crippen LogP contribution in [0.1, 0.15) is 34.1 Å². The number of rotatable bonds is 6. The summed E-state index contributed by atoms with van der Waals surface area (Å²) in [6.45, 7) is 8.91. The van der Waals surface area contributed by atoms with E-state index in [0.717, 1.165) is 0 Å². The van der Waals surface area contributed by atoms with Gasteiger partial charge in [-0.2, -0.15) is 0 Å². The summed E-state index contributed by atoms with van der Waals surface area (Å²) in [5, 5.41) is 5.23. The summed E-state index contributed by atoms with van der Waals surface area (Å²) in [4.78, 5) is 23.0. The van der Waals surface area contributed by atoms with Crippen molar-refractivity contribution in [3.05, 3.63) is 0 Å². The van der Waals surface area contributed by atoms with Crippen LogP contribution < -0.4 is 16.4 Å². The minimum Gasteiger partial charge on any atom is -0.355 e. The third-order valence-electron chi connectivity index (χ3n) is 2.31. The van der Waals surface area contributed by atoms with E-state index in [1.165, 1.54) is 0 Å². The van der Waals surface area contributed by atoms with E-state index >= 15 is 0 Å². The van der Waals surface area contributed by atoms with E-state index in [1.54, 1.807) is 0 Å². The molecule has 0 bridgehead atoms. The second-order valence-corrected chi connectivity index (χ2v) is 5.37. The predicted molar refractivity (Wildman–Crippen MR) is 68.3 cm³/mol. The largest absolute Gasteiger partial charge is 0.355 e. The van der Waals surface area contributed by atoms with Crippen LogP contribution in [0.15, 0.2) is 0 Å². The molecule has 0 heterocycles. The molecule has 0 aliphatic heterocycles. The monoisotopic (exact) mass is 243 g/mol. The fourth-order valence-corrected chi connectivity index (χ4v) is 1.59. The first-order chi connectivity index (χ1) is 7.80. The molecule has 2 amide bonds. The van der Waals surface area contributed by atoms with Gasteiger partial charge in [0.25, 0.3) is 0 Å². The van der Waals surface area contributed by atoms with Crippen molar-refractivity contribution in [1.29, 1.82) is 0 Å². The number of carbonyl (C=O) groups is 2. The fraction of sp³-hybridized carbons (Fsp3) is 0.833. The van der Waals surface area contributed by atoms with Crippen LogP contribution in [0.3, 0.4) is 0 Å². The molecule has 0 radical (unpaired) electrons. The van der Waals surface area contributed by atoms with Crippen molar-refractivity contribution in [2.24, 2.45) is 17.1 Å². The summed E-state index contributed by atoms with van der Waals surface area (Å²) in [5.74, 6) is -0.550. The average molecular weight is 243 g/mol. The standard InChI is InChI=1S/C12H25N3O2/c1-5-14-10(16)8-15-11(17)9(7-13)6-12(2,3)4/h9H,5-8,13H2,1-4H3,(H,14,16)(H,15,17). The Hall–Kier alpha value is -1.10. The van der Waals surface area contributed by atoms with Gasteiger partial charge in [0.05, 0.1) is 12.5 Å². The summed E-state index contributed by atoms with van der Waals surface area (Å²) in [5.41, 5.74) is 5.63. The number of hydrogen-bond acceptors (Lipinski definition) is 3. The lowest BCUT2D eigenvalue weighted by molar-refractivity contribution is -0.129. The van der Waals surface area contributed by atoms with Gasteiger partial charge in [-0.25, -0.2) is 0 Å². The first kappa shape index (κ1) is 15.9. The molecule has 0 fully saturated rings. The zero-order valence-corrected chi connectivity index (χ0v) is 11.3. The third-order valence-corrected chi connectivity index (χ3v) is 2.31. The van der Waals surface area contributed by atoms with Crippen molar-refractivity contribution in [2.75, 3.05) is 19.6 Å². The Kier molecular flexibility index (Phi) is 6.80. The summed E-state index contributed by atoms with van der Waals surface area (Å²) >= 11 is 0. The minimum absolute atomic E-state index is 0.0211. The molecule has 4 N–H and O–H groups in total. The van der Waals surface area contributed by atoms with Crippen molar-refractivity contribution in [3.63, 3.8) is 0 Å². The lowest BCUT2D eigenvalue weighted by Crippen LogP contribution is -2.42. The zero-order valence-electron chi connectivity index (χ0n) is 11.3. The van der Waals surface area contributed by atoms with Crippen LogP contribution in [0, 0.1) is 11.3 Å². The number of hydrogen-bond donors (Lipinski definition) is 3. The number of nitrogens with two attached hydrogens (primary N) is 1. The molecule has 100 valence electrons. The van der Waals surface area contributed by atoms with E-state index in [-0.39, 0.29) is 29.7 Å². The topological polar surface area (TPSA) is 84.2 Å². The minimum atomic E-state index is -0.232. The highest BCUT2D eigenvalue weighted by atomic mass is 16.2. The van der Waals surface area contributed by atoms with Gasteiger partial charge in [0.2, 0.25) is 11.8 Å². The summed E-state index contributed by atoms with van der Waals surface area (Å²) in [7, 11) is 0. The smallest absolute Gasteiger partial charge is 0.239 e. The van der Waals surface area contributed by atoms with Crippen molar-refractivity contribution in [2.45, 2.75) is 34.1 Å². The van der Waals surface area contributed by atoms with E-state index < -0.39 is 0 Å². The Balaban J connectivity index is 4.13. The van der Waals surface area contributed by atoms with Crippen molar-refractivity contribution in [3.8, 4) is 0 Å². The summed E-state index contributed by atoms with van der Waals surface area (Å²) in [6.07, 6.45) is 0.713. The molecule has 17 heavy (non-hydrogen) atoms. The van der Waals surface area contributed by atoms with E-state index in [9.17, 15) is 9.59 Å². The Labute approximate surface area is 104 Å². The number of amides is 2. The maximum Gasteiger partial charge on any atom is 0.239 e. The van der Waals surface area contributed by atoms with Crippen LogP contribution in [0.5, 0.6) is 0 Å². The van der Waals surface area contributed by atoms with E-state index in [1.807, 2.05) is 6.92 Å². The molecule has 5 heteroatoms. The molecule has 1 atom stereocenters. The van der Waals surface area contributed by atoms with E-state index in [0.29, 0.717) is 19.5 Å². The van der Waals surface area contributed by atoms with Gasteiger partial charge in [-0.15, -0.1) is 0 Å². The molecular weight excluding hydrogens is 218 g/mol. The van der Waals surface area contributed by atoms with Gasteiger partial charge >= 0.3 is 0 Å². The van der Waals surface area contributed by atoms with Crippen LogP contribution in [0.25, 0.3) is 0 Å². The first-order valence-electron chi connectivity index (χ1n) is 6.04. The van der Waals surface area contributed by atoms with Crippen LogP contribution in [0.4, 0.5) is 0 Å². The van der Waals surface area contributed by atoms with E-state index in [4.69, 9.17) is 5.73 Å². The molecule has 0 aromatic carbocycles. The Morgan fingerprint density at radius 3 is 2.24 bits per heavy atom. The first-order valence-corrected chi connectivity index (χ1v) is 6.04. The van der Waals surface area contributed by atoms with Crippen LogP contribution >= 0.6 is 0 Å². The SMILES string of the molecule is CCNC(=O)CNC(=O)C(CN)CC(C)(C)C. The lowest BCUT2D eigenvalue weighted by atomic mass is 9.84. The highest BCUT2D eigenvalue weighted by Gasteiger charge is 2.23. The van der Waals surface area contributed by atoms with Crippen molar-refractivity contribution >= 4 is 11.8 Å². The van der Waals surface area contributed by atoms with Gasteiger partial charge in [0, 0.05) is 13.1 Å². The van der Waals surface area contributed by atoms with Gasteiger partial charge in [-0.05, 0) is 18.8 Å². The molecule has 1 unspecified atom stereocenters. The molecule has 0 spiro atoms. The molecule has 0 aromatic rings. The highest BCUT2D eigenvalue weighted by molar-refractivity contribution is 5.85. The van der Waals surface area contributed by atoms with E-state index in [2.05, 4.69) is 31.4 Å². The normalized spacial score (nSPS) is 13.0.